The molecule has 0 unspecified atom stereocenters. The smallest absolute Gasteiger partial charge is 0.339 e. The number of carbonyl (C=O) groups is 1. The van der Waals surface area contributed by atoms with Gasteiger partial charge >= 0.3 is 5.97 Å². The van der Waals surface area contributed by atoms with Crippen molar-refractivity contribution in [2.45, 2.75) is 11.5 Å². The first-order valence-electron chi connectivity index (χ1n) is 10.8. The van der Waals surface area contributed by atoms with Crippen LogP contribution >= 0.6 is 0 Å². The molecule has 0 atom stereocenters. The number of para-hydroxylation sites is 1. The van der Waals surface area contributed by atoms with Crippen molar-refractivity contribution >= 4 is 26.9 Å². The topological polar surface area (TPSA) is 98.9 Å². The van der Waals surface area contributed by atoms with Crippen molar-refractivity contribution in [1.82, 2.24) is 9.29 Å². The fourth-order valence-electron chi connectivity index (χ4n) is 3.85. The van der Waals surface area contributed by atoms with Gasteiger partial charge in [-0.3, -0.25) is 0 Å². The van der Waals surface area contributed by atoms with Gasteiger partial charge in [-0.15, -0.1) is 0 Å². The summed E-state index contributed by atoms with van der Waals surface area (Å²) < 4.78 is 43.6. The molecule has 0 spiro atoms. The van der Waals surface area contributed by atoms with Gasteiger partial charge in [0.2, 0.25) is 10.0 Å². The Morgan fingerprint density at radius 3 is 2.62 bits per heavy atom. The van der Waals surface area contributed by atoms with E-state index in [2.05, 4.69) is 4.98 Å². The van der Waals surface area contributed by atoms with Crippen molar-refractivity contribution in [2.75, 3.05) is 26.3 Å². The average molecular weight is 479 g/mol. The molecule has 0 N–H and O–H groups in total. The van der Waals surface area contributed by atoms with Crippen molar-refractivity contribution in [3.8, 4) is 11.5 Å². The minimum Gasteiger partial charge on any atom is -0.463 e. The van der Waals surface area contributed by atoms with Crippen LogP contribution in [-0.4, -0.2) is 50.0 Å². The van der Waals surface area contributed by atoms with Crippen molar-refractivity contribution in [3.63, 3.8) is 0 Å². The zero-order valence-electron chi connectivity index (χ0n) is 18.2. The lowest BCUT2D eigenvalue weighted by Crippen LogP contribution is -2.40. The van der Waals surface area contributed by atoms with Gasteiger partial charge in [-0.25, -0.2) is 18.2 Å². The van der Waals surface area contributed by atoms with Gasteiger partial charge in [-0.05, 0) is 42.0 Å². The summed E-state index contributed by atoms with van der Waals surface area (Å²) >= 11 is 0. The minimum absolute atomic E-state index is 0.0714. The maximum atomic E-state index is 13.1. The van der Waals surface area contributed by atoms with E-state index in [1.54, 1.807) is 48.7 Å². The fraction of sp³-hybridized carbons (Fsp3) is 0.200. The third-order valence-electron chi connectivity index (χ3n) is 5.59. The molecule has 1 saturated heterocycles. The number of benzene rings is 2. The van der Waals surface area contributed by atoms with Crippen LogP contribution in [0.1, 0.15) is 15.9 Å². The van der Waals surface area contributed by atoms with Gasteiger partial charge in [0.05, 0.1) is 35.5 Å². The molecule has 1 aliphatic rings. The van der Waals surface area contributed by atoms with Crippen LogP contribution in [0.2, 0.25) is 0 Å². The third-order valence-corrected chi connectivity index (χ3v) is 7.48. The molecule has 2 aromatic heterocycles. The number of ether oxygens (including phenoxy) is 2. The van der Waals surface area contributed by atoms with E-state index >= 15 is 0 Å². The Balaban J connectivity index is 1.38. The highest BCUT2D eigenvalue weighted by atomic mass is 32.2. The maximum absolute atomic E-state index is 13.1. The summed E-state index contributed by atoms with van der Waals surface area (Å²) in [6.45, 7) is 1.30. The van der Waals surface area contributed by atoms with E-state index in [4.69, 9.17) is 13.9 Å². The van der Waals surface area contributed by atoms with Gasteiger partial charge in [0.1, 0.15) is 12.3 Å². The quantitative estimate of drug-likeness (QED) is 0.388. The molecule has 0 aliphatic carbocycles. The number of esters is 1. The Hall–Kier alpha value is -3.53. The van der Waals surface area contributed by atoms with Crippen LogP contribution in [0.15, 0.2) is 82.3 Å². The van der Waals surface area contributed by atoms with Gasteiger partial charge in [-0.2, -0.15) is 4.31 Å². The lowest BCUT2D eigenvalue weighted by molar-refractivity contribution is 0.0475. The first-order chi connectivity index (χ1) is 16.5. The molecule has 9 heteroatoms. The number of carbonyl (C=O) groups excluding carboxylic acids is 1. The number of furan rings is 1. The Labute approximate surface area is 196 Å². The lowest BCUT2D eigenvalue weighted by atomic mass is 10.1. The molecule has 0 radical (unpaired) electrons. The molecule has 8 nitrogen and oxygen atoms in total. The zero-order valence-corrected chi connectivity index (χ0v) is 19.0. The lowest BCUT2D eigenvalue weighted by Gasteiger charge is -2.26. The van der Waals surface area contributed by atoms with E-state index < -0.39 is 16.0 Å². The largest absolute Gasteiger partial charge is 0.463 e. The van der Waals surface area contributed by atoms with Gasteiger partial charge < -0.3 is 13.9 Å². The van der Waals surface area contributed by atoms with Crippen molar-refractivity contribution in [1.29, 1.82) is 0 Å². The summed E-state index contributed by atoms with van der Waals surface area (Å²) in [5.74, 6) is 0.00803. The monoisotopic (exact) mass is 478 g/mol. The SMILES string of the molecule is O=C(OCc1cccc(S(=O)(=O)N2CCOCC2)c1)c1cc(-c2ccco2)nc2ccccc12. The van der Waals surface area contributed by atoms with Crippen LogP contribution in [-0.2, 0) is 26.1 Å². The summed E-state index contributed by atoms with van der Waals surface area (Å²) in [5.41, 5.74) is 2.10. The highest BCUT2D eigenvalue weighted by molar-refractivity contribution is 7.89. The van der Waals surface area contributed by atoms with E-state index in [1.807, 2.05) is 18.2 Å². The average Bonchev–Trinajstić information content (AvgIpc) is 3.42. The number of sulfonamides is 1. The summed E-state index contributed by atoms with van der Waals surface area (Å²) in [7, 11) is -3.64. The van der Waals surface area contributed by atoms with Crippen molar-refractivity contribution in [2.24, 2.45) is 0 Å². The number of nitrogens with zero attached hydrogens (tertiary/aromatic N) is 2. The molecular weight excluding hydrogens is 456 g/mol. The van der Waals surface area contributed by atoms with Crippen LogP contribution in [0.4, 0.5) is 0 Å². The number of rotatable bonds is 6. The predicted molar refractivity (Wildman–Crippen MR) is 125 cm³/mol. The molecule has 0 bridgehead atoms. The molecule has 2 aromatic carbocycles. The summed E-state index contributed by atoms with van der Waals surface area (Å²) in [5, 5.41) is 0.659. The molecule has 3 heterocycles. The van der Waals surface area contributed by atoms with Crippen molar-refractivity contribution < 1.29 is 27.1 Å². The summed E-state index contributed by atoms with van der Waals surface area (Å²) in [4.78, 5) is 17.8. The first-order valence-corrected chi connectivity index (χ1v) is 12.2. The molecule has 0 saturated carbocycles. The van der Waals surface area contributed by atoms with E-state index in [0.717, 1.165) is 0 Å². The van der Waals surface area contributed by atoms with E-state index in [1.165, 1.54) is 10.4 Å². The van der Waals surface area contributed by atoms with Crippen LogP contribution in [0.5, 0.6) is 0 Å². The van der Waals surface area contributed by atoms with E-state index in [0.29, 0.717) is 59.8 Å². The number of hydrogen-bond acceptors (Lipinski definition) is 7. The molecule has 1 fully saturated rings. The zero-order chi connectivity index (χ0) is 23.5. The second-order valence-corrected chi connectivity index (χ2v) is 9.73. The first kappa shape index (κ1) is 22.3. The second-order valence-electron chi connectivity index (χ2n) is 7.79. The fourth-order valence-corrected chi connectivity index (χ4v) is 5.33. The normalized spacial score (nSPS) is 14.8. The maximum Gasteiger partial charge on any atom is 0.339 e. The number of morpholine rings is 1. The van der Waals surface area contributed by atoms with Crippen LogP contribution < -0.4 is 0 Å². The Morgan fingerprint density at radius 1 is 1.00 bits per heavy atom. The Morgan fingerprint density at radius 2 is 1.82 bits per heavy atom. The van der Waals surface area contributed by atoms with Crippen LogP contribution in [0, 0.1) is 0 Å². The standard InChI is InChI=1S/C25H22N2O6S/c28-25(21-16-23(24-9-4-12-32-24)26-22-8-2-1-7-20(21)22)33-17-18-5-3-6-19(15-18)34(29,30)27-10-13-31-14-11-27/h1-9,12,15-16H,10-11,13-14,17H2. The van der Waals surface area contributed by atoms with E-state index in [-0.39, 0.29) is 11.5 Å². The number of aromatic nitrogens is 1. The Bertz CT molecular complexity index is 1430. The molecule has 0 amide bonds. The highest BCUT2D eigenvalue weighted by Crippen LogP contribution is 2.26. The number of hydrogen-bond donors (Lipinski definition) is 0. The van der Waals surface area contributed by atoms with Crippen LogP contribution in [0.25, 0.3) is 22.4 Å². The molecule has 5 rings (SSSR count). The van der Waals surface area contributed by atoms with Gasteiger partial charge in [0.15, 0.2) is 5.76 Å². The van der Waals surface area contributed by atoms with E-state index in [9.17, 15) is 13.2 Å². The number of fused-ring (bicyclic) bond motifs is 1. The Kier molecular flexibility index (Phi) is 6.14. The molecular formula is C25H22N2O6S. The second kappa shape index (κ2) is 9.38. The van der Waals surface area contributed by atoms with Crippen molar-refractivity contribution in [3.05, 3.63) is 84.1 Å². The minimum atomic E-state index is -3.64. The number of pyridine rings is 1. The summed E-state index contributed by atoms with van der Waals surface area (Å²) in [6, 6.07) is 18.9. The molecule has 4 aromatic rings. The van der Waals surface area contributed by atoms with Gasteiger partial charge in [0.25, 0.3) is 0 Å². The predicted octanol–water partition coefficient (Wildman–Crippen LogP) is 3.87. The van der Waals surface area contributed by atoms with Crippen LogP contribution in [0.3, 0.4) is 0 Å². The molecule has 174 valence electrons. The third kappa shape index (κ3) is 4.45. The highest BCUT2D eigenvalue weighted by Gasteiger charge is 2.26. The molecule has 1 aliphatic heterocycles. The summed E-state index contributed by atoms with van der Waals surface area (Å²) in [6.07, 6.45) is 1.54. The molecule has 34 heavy (non-hydrogen) atoms. The van der Waals surface area contributed by atoms with Gasteiger partial charge in [-0.1, -0.05) is 30.3 Å². The van der Waals surface area contributed by atoms with Gasteiger partial charge in [0, 0.05) is 18.5 Å².